The Kier molecular flexibility index (Phi) is 2.62. The van der Waals surface area contributed by atoms with Crippen LogP contribution in [-0.4, -0.2) is 42.0 Å². The van der Waals surface area contributed by atoms with Gasteiger partial charge in [-0.2, -0.15) is 0 Å². The summed E-state index contributed by atoms with van der Waals surface area (Å²) in [7, 11) is 0. The number of nitrogens with zero attached hydrogens (tertiary/aromatic N) is 1. The van der Waals surface area contributed by atoms with Gasteiger partial charge in [-0.1, -0.05) is 0 Å². The molecule has 2 heterocycles. The van der Waals surface area contributed by atoms with Gasteiger partial charge in [0.1, 0.15) is 5.78 Å². The SMILES string of the molecule is CC1CC(=O)CCN1C1(C)CCOC1. The van der Waals surface area contributed by atoms with E-state index in [1.807, 2.05) is 0 Å². The van der Waals surface area contributed by atoms with E-state index in [9.17, 15) is 4.79 Å². The topological polar surface area (TPSA) is 29.5 Å². The van der Waals surface area contributed by atoms with Gasteiger partial charge in [0.05, 0.1) is 6.61 Å². The first-order valence-corrected chi connectivity index (χ1v) is 5.48. The molecular weight excluding hydrogens is 178 g/mol. The second-order valence-electron chi connectivity index (χ2n) is 4.83. The summed E-state index contributed by atoms with van der Waals surface area (Å²) < 4.78 is 5.46. The number of hydrogen-bond donors (Lipinski definition) is 0. The minimum absolute atomic E-state index is 0.181. The van der Waals surface area contributed by atoms with Gasteiger partial charge in [-0.15, -0.1) is 0 Å². The predicted octanol–water partition coefficient (Wildman–Crippen LogP) is 1.22. The molecule has 0 aromatic carbocycles. The van der Waals surface area contributed by atoms with Crippen LogP contribution < -0.4 is 0 Å². The molecule has 2 fully saturated rings. The molecule has 2 aliphatic heterocycles. The Labute approximate surface area is 85.4 Å². The molecule has 14 heavy (non-hydrogen) atoms. The number of carbonyl (C=O) groups is 1. The van der Waals surface area contributed by atoms with Crippen LogP contribution in [0, 0.1) is 0 Å². The van der Waals surface area contributed by atoms with Crippen LogP contribution >= 0.6 is 0 Å². The van der Waals surface area contributed by atoms with Crippen molar-refractivity contribution in [1.82, 2.24) is 4.90 Å². The van der Waals surface area contributed by atoms with Crippen molar-refractivity contribution in [2.75, 3.05) is 19.8 Å². The first-order chi connectivity index (χ1) is 6.62. The Morgan fingerprint density at radius 1 is 1.57 bits per heavy atom. The molecule has 80 valence electrons. The molecule has 2 aliphatic rings. The third kappa shape index (κ3) is 1.71. The third-order valence-corrected chi connectivity index (χ3v) is 3.58. The maximum absolute atomic E-state index is 11.3. The summed E-state index contributed by atoms with van der Waals surface area (Å²) in [4.78, 5) is 13.7. The number of Topliss-reactive ketones (excluding diaryl/α,β-unsaturated/α-hetero) is 1. The van der Waals surface area contributed by atoms with Gasteiger partial charge in [0, 0.05) is 37.6 Å². The van der Waals surface area contributed by atoms with Gasteiger partial charge >= 0.3 is 0 Å². The molecule has 0 aromatic rings. The molecule has 0 saturated carbocycles. The smallest absolute Gasteiger partial charge is 0.135 e. The van der Waals surface area contributed by atoms with Crippen LogP contribution in [0.1, 0.15) is 33.1 Å². The maximum Gasteiger partial charge on any atom is 0.135 e. The zero-order valence-electron chi connectivity index (χ0n) is 9.08. The molecule has 2 saturated heterocycles. The van der Waals surface area contributed by atoms with Gasteiger partial charge in [-0.05, 0) is 20.3 Å². The average Bonchev–Trinajstić information content (AvgIpc) is 2.52. The predicted molar refractivity (Wildman–Crippen MR) is 54.3 cm³/mol. The molecule has 2 rings (SSSR count). The van der Waals surface area contributed by atoms with E-state index in [0.29, 0.717) is 11.8 Å². The summed E-state index contributed by atoms with van der Waals surface area (Å²) in [5.41, 5.74) is 0.181. The molecule has 2 unspecified atom stereocenters. The van der Waals surface area contributed by atoms with E-state index in [-0.39, 0.29) is 5.54 Å². The van der Waals surface area contributed by atoms with Gasteiger partial charge in [0.25, 0.3) is 0 Å². The highest BCUT2D eigenvalue weighted by Gasteiger charge is 2.40. The minimum atomic E-state index is 0.181. The molecule has 2 atom stereocenters. The monoisotopic (exact) mass is 197 g/mol. The van der Waals surface area contributed by atoms with Crippen LogP contribution in [0.25, 0.3) is 0 Å². The normalized spacial score (nSPS) is 40.4. The fraction of sp³-hybridized carbons (Fsp3) is 0.909. The Morgan fingerprint density at radius 2 is 2.36 bits per heavy atom. The zero-order valence-corrected chi connectivity index (χ0v) is 9.08. The second kappa shape index (κ2) is 3.63. The first-order valence-electron chi connectivity index (χ1n) is 5.48. The Hall–Kier alpha value is -0.410. The quantitative estimate of drug-likeness (QED) is 0.633. The molecule has 0 aromatic heterocycles. The van der Waals surface area contributed by atoms with Crippen LogP contribution in [0.4, 0.5) is 0 Å². The lowest BCUT2D eigenvalue weighted by molar-refractivity contribution is -0.124. The van der Waals surface area contributed by atoms with Gasteiger partial charge in [-0.3, -0.25) is 9.69 Å². The Balaban J connectivity index is 2.06. The van der Waals surface area contributed by atoms with Crippen molar-refractivity contribution in [3.05, 3.63) is 0 Å². The number of ketones is 1. The fourth-order valence-electron chi connectivity index (χ4n) is 2.69. The summed E-state index contributed by atoms with van der Waals surface area (Å²) in [6.45, 7) is 7.02. The largest absolute Gasteiger partial charge is 0.379 e. The Bertz CT molecular complexity index is 233. The van der Waals surface area contributed by atoms with Crippen molar-refractivity contribution >= 4 is 5.78 Å². The summed E-state index contributed by atoms with van der Waals surface area (Å²) >= 11 is 0. The van der Waals surface area contributed by atoms with Crippen LogP contribution in [0.5, 0.6) is 0 Å². The van der Waals surface area contributed by atoms with E-state index in [1.165, 1.54) is 0 Å². The van der Waals surface area contributed by atoms with Gasteiger partial charge in [0.15, 0.2) is 0 Å². The summed E-state index contributed by atoms with van der Waals surface area (Å²) in [5.74, 6) is 0.413. The van der Waals surface area contributed by atoms with Crippen LogP contribution in [0.2, 0.25) is 0 Å². The Morgan fingerprint density at radius 3 is 2.93 bits per heavy atom. The van der Waals surface area contributed by atoms with Gasteiger partial charge < -0.3 is 4.74 Å². The molecule has 0 aliphatic carbocycles. The van der Waals surface area contributed by atoms with Gasteiger partial charge in [-0.25, -0.2) is 0 Å². The highest BCUT2D eigenvalue weighted by molar-refractivity contribution is 5.79. The number of ether oxygens (including phenoxy) is 1. The van der Waals surface area contributed by atoms with E-state index in [2.05, 4.69) is 18.7 Å². The number of piperidine rings is 1. The summed E-state index contributed by atoms with van der Waals surface area (Å²) in [5, 5.41) is 0. The molecule has 0 amide bonds. The van der Waals surface area contributed by atoms with E-state index >= 15 is 0 Å². The lowest BCUT2D eigenvalue weighted by Crippen LogP contribution is -2.54. The standard InChI is InChI=1S/C11H19NO2/c1-9-7-10(13)3-5-12(9)11(2)4-6-14-8-11/h9H,3-8H2,1-2H3. The molecule has 0 N–H and O–H groups in total. The second-order valence-corrected chi connectivity index (χ2v) is 4.83. The number of carbonyl (C=O) groups excluding carboxylic acids is 1. The average molecular weight is 197 g/mol. The van der Waals surface area contributed by atoms with E-state index in [4.69, 9.17) is 4.74 Å². The molecular formula is C11H19NO2. The van der Waals surface area contributed by atoms with Crippen molar-refractivity contribution in [3.63, 3.8) is 0 Å². The highest BCUT2D eigenvalue weighted by atomic mass is 16.5. The maximum atomic E-state index is 11.3. The van der Waals surface area contributed by atoms with Crippen LogP contribution in [0.3, 0.4) is 0 Å². The summed E-state index contributed by atoms with van der Waals surface area (Å²) in [6, 6.07) is 0.392. The lowest BCUT2D eigenvalue weighted by atomic mass is 9.91. The van der Waals surface area contributed by atoms with Crippen LogP contribution in [0.15, 0.2) is 0 Å². The van der Waals surface area contributed by atoms with Crippen LogP contribution in [-0.2, 0) is 9.53 Å². The summed E-state index contributed by atoms with van der Waals surface area (Å²) in [6.07, 6.45) is 2.54. The number of hydrogen-bond acceptors (Lipinski definition) is 3. The van der Waals surface area contributed by atoms with Crippen molar-refractivity contribution in [2.45, 2.75) is 44.7 Å². The molecule has 0 bridgehead atoms. The first kappa shape index (κ1) is 10.1. The minimum Gasteiger partial charge on any atom is -0.379 e. The zero-order chi connectivity index (χ0) is 10.2. The lowest BCUT2D eigenvalue weighted by Gasteiger charge is -2.43. The van der Waals surface area contributed by atoms with Crippen molar-refractivity contribution in [3.8, 4) is 0 Å². The van der Waals surface area contributed by atoms with Crippen molar-refractivity contribution < 1.29 is 9.53 Å². The van der Waals surface area contributed by atoms with E-state index in [1.54, 1.807) is 0 Å². The van der Waals surface area contributed by atoms with Crippen molar-refractivity contribution in [1.29, 1.82) is 0 Å². The number of rotatable bonds is 1. The van der Waals surface area contributed by atoms with E-state index < -0.39 is 0 Å². The third-order valence-electron chi connectivity index (χ3n) is 3.58. The number of likely N-dealkylation sites (tertiary alicyclic amines) is 1. The molecule has 3 heteroatoms. The van der Waals surface area contributed by atoms with Gasteiger partial charge in [0.2, 0.25) is 0 Å². The molecule has 0 radical (unpaired) electrons. The highest BCUT2D eigenvalue weighted by Crippen LogP contribution is 2.30. The molecule has 0 spiro atoms. The fourth-order valence-corrected chi connectivity index (χ4v) is 2.69. The van der Waals surface area contributed by atoms with Crippen molar-refractivity contribution in [2.24, 2.45) is 0 Å². The molecule has 3 nitrogen and oxygen atoms in total. The van der Waals surface area contributed by atoms with E-state index in [0.717, 1.165) is 39.0 Å².